The maximum atomic E-state index is 5.62. The third kappa shape index (κ3) is 1.44. The summed E-state index contributed by atoms with van der Waals surface area (Å²) in [6, 6.07) is 3.59. The number of benzene rings is 1. The van der Waals surface area contributed by atoms with E-state index < -0.39 is 0 Å². The number of methoxy groups -OCH3 is 2. The Bertz CT molecular complexity index is 284. The fraction of sp³-hybridized carbons (Fsp3) is 0.333. The van der Waals surface area contributed by atoms with Crippen LogP contribution in [-0.4, -0.2) is 14.2 Å². The van der Waals surface area contributed by atoms with Gasteiger partial charge in [-0.15, -0.1) is 0 Å². The monoisotopic (exact) mass is 167 g/mol. The second-order valence-corrected chi connectivity index (χ2v) is 2.57. The third-order valence-corrected chi connectivity index (χ3v) is 1.69. The normalized spacial score (nSPS) is 9.58. The molecule has 0 saturated heterocycles. The molecule has 0 amide bonds. The molecular weight excluding hydrogens is 154 g/mol. The van der Waals surface area contributed by atoms with Gasteiger partial charge in [0.25, 0.3) is 0 Å². The highest BCUT2D eigenvalue weighted by Crippen LogP contribution is 2.32. The summed E-state index contributed by atoms with van der Waals surface area (Å²) in [7, 11) is 3.21. The first-order valence-corrected chi connectivity index (χ1v) is 3.67. The number of anilines is 1. The van der Waals surface area contributed by atoms with Crippen molar-refractivity contribution in [2.45, 2.75) is 6.92 Å². The average Bonchev–Trinajstić information content (AvgIpc) is 2.03. The summed E-state index contributed by atoms with van der Waals surface area (Å²) in [5.41, 5.74) is 7.29. The van der Waals surface area contributed by atoms with Gasteiger partial charge in [-0.05, 0) is 18.6 Å². The van der Waals surface area contributed by atoms with E-state index in [1.807, 2.05) is 13.0 Å². The van der Waals surface area contributed by atoms with Crippen LogP contribution in [0.1, 0.15) is 5.56 Å². The maximum Gasteiger partial charge on any atom is 0.163 e. The molecule has 0 saturated carbocycles. The summed E-state index contributed by atoms with van der Waals surface area (Å²) in [6.07, 6.45) is 0. The van der Waals surface area contributed by atoms with Gasteiger partial charge in [-0.3, -0.25) is 0 Å². The van der Waals surface area contributed by atoms with Crippen molar-refractivity contribution in [1.29, 1.82) is 0 Å². The minimum atomic E-state index is 0.676. The predicted molar refractivity (Wildman–Crippen MR) is 48.7 cm³/mol. The van der Waals surface area contributed by atoms with E-state index in [0.717, 1.165) is 11.3 Å². The smallest absolute Gasteiger partial charge is 0.163 e. The van der Waals surface area contributed by atoms with Crippen molar-refractivity contribution in [2.75, 3.05) is 20.0 Å². The first-order valence-electron chi connectivity index (χ1n) is 3.67. The molecule has 0 aliphatic rings. The number of rotatable bonds is 2. The van der Waals surface area contributed by atoms with Crippen LogP contribution >= 0.6 is 0 Å². The van der Waals surface area contributed by atoms with Gasteiger partial charge >= 0.3 is 0 Å². The first-order chi connectivity index (χ1) is 5.69. The molecule has 0 aliphatic heterocycles. The molecule has 3 heteroatoms. The molecule has 0 atom stereocenters. The molecule has 0 radical (unpaired) electrons. The summed E-state index contributed by atoms with van der Waals surface area (Å²) in [5.74, 6) is 1.42. The van der Waals surface area contributed by atoms with Crippen LogP contribution in [0.4, 0.5) is 5.69 Å². The highest BCUT2D eigenvalue weighted by molar-refractivity contribution is 5.56. The number of aryl methyl sites for hydroxylation is 1. The standard InChI is InChI=1S/C9H13NO2/c1-6-4-7(10)5-8(11-2)9(6)12-3/h4-5H,10H2,1-3H3. The number of nitrogens with two attached hydrogens (primary N) is 1. The van der Waals surface area contributed by atoms with E-state index >= 15 is 0 Å². The van der Waals surface area contributed by atoms with Crippen LogP contribution in [0.25, 0.3) is 0 Å². The van der Waals surface area contributed by atoms with E-state index in [1.165, 1.54) is 0 Å². The second-order valence-electron chi connectivity index (χ2n) is 2.57. The molecule has 0 spiro atoms. The Kier molecular flexibility index (Phi) is 2.43. The lowest BCUT2D eigenvalue weighted by molar-refractivity contribution is 0.353. The summed E-state index contributed by atoms with van der Waals surface area (Å²) >= 11 is 0. The van der Waals surface area contributed by atoms with E-state index in [1.54, 1.807) is 20.3 Å². The molecule has 0 aliphatic carbocycles. The molecule has 0 bridgehead atoms. The van der Waals surface area contributed by atoms with E-state index in [0.29, 0.717) is 11.4 Å². The largest absolute Gasteiger partial charge is 0.493 e. The van der Waals surface area contributed by atoms with Gasteiger partial charge < -0.3 is 15.2 Å². The summed E-state index contributed by atoms with van der Waals surface area (Å²) < 4.78 is 10.2. The van der Waals surface area contributed by atoms with E-state index in [4.69, 9.17) is 15.2 Å². The number of hydrogen-bond acceptors (Lipinski definition) is 3. The lowest BCUT2D eigenvalue weighted by atomic mass is 10.2. The molecule has 1 rings (SSSR count). The van der Waals surface area contributed by atoms with Gasteiger partial charge in [0, 0.05) is 11.8 Å². The highest BCUT2D eigenvalue weighted by Gasteiger charge is 2.06. The van der Waals surface area contributed by atoms with Gasteiger partial charge in [-0.2, -0.15) is 0 Å². The van der Waals surface area contributed by atoms with Crippen LogP contribution in [-0.2, 0) is 0 Å². The lowest BCUT2D eigenvalue weighted by Gasteiger charge is -2.10. The van der Waals surface area contributed by atoms with Gasteiger partial charge in [-0.1, -0.05) is 0 Å². The molecule has 66 valence electrons. The van der Waals surface area contributed by atoms with Gasteiger partial charge in [-0.25, -0.2) is 0 Å². The Morgan fingerprint density at radius 1 is 1.17 bits per heavy atom. The molecule has 12 heavy (non-hydrogen) atoms. The molecule has 0 heterocycles. The summed E-state index contributed by atoms with van der Waals surface area (Å²) in [6.45, 7) is 1.93. The van der Waals surface area contributed by atoms with E-state index in [9.17, 15) is 0 Å². The number of hydrogen-bond donors (Lipinski definition) is 1. The molecule has 0 fully saturated rings. The van der Waals surface area contributed by atoms with Crippen molar-refractivity contribution in [3.63, 3.8) is 0 Å². The maximum absolute atomic E-state index is 5.62. The lowest BCUT2D eigenvalue weighted by Crippen LogP contribution is -1.95. The third-order valence-electron chi connectivity index (χ3n) is 1.69. The Balaban J connectivity index is 3.24. The van der Waals surface area contributed by atoms with Crippen molar-refractivity contribution in [1.82, 2.24) is 0 Å². The van der Waals surface area contributed by atoms with Crippen LogP contribution in [0.3, 0.4) is 0 Å². The zero-order valence-corrected chi connectivity index (χ0v) is 7.55. The van der Waals surface area contributed by atoms with Crippen LogP contribution in [0.5, 0.6) is 11.5 Å². The van der Waals surface area contributed by atoms with Crippen LogP contribution in [0.15, 0.2) is 12.1 Å². The Morgan fingerprint density at radius 3 is 2.33 bits per heavy atom. The Labute approximate surface area is 72.1 Å². The van der Waals surface area contributed by atoms with E-state index in [2.05, 4.69) is 0 Å². The van der Waals surface area contributed by atoms with Crippen LogP contribution < -0.4 is 15.2 Å². The Hall–Kier alpha value is -1.38. The predicted octanol–water partition coefficient (Wildman–Crippen LogP) is 1.59. The molecule has 2 N–H and O–H groups in total. The second kappa shape index (κ2) is 3.34. The van der Waals surface area contributed by atoms with Crippen LogP contribution in [0, 0.1) is 6.92 Å². The number of ether oxygens (including phenoxy) is 2. The van der Waals surface area contributed by atoms with Gasteiger partial charge in [0.2, 0.25) is 0 Å². The molecule has 1 aromatic rings. The average molecular weight is 167 g/mol. The minimum Gasteiger partial charge on any atom is -0.493 e. The van der Waals surface area contributed by atoms with Gasteiger partial charge in [0.1, 0.15) is 0 Å². The van der Waals surface area contributed by atoms with Crippen molar-refractivity contribution in [3.05, 3.63) is 17.7 Å². The fourth-order valence-corrected chi connectivity index (χ4v) is 1.18. The molecule has 3 nitrogen and oxygen atoms in total. The van der Waals surface area contributed by atoms with Gasteiger partial charge in [0.15, 0.2) is 11.5 Å². The fourth-order valence-electron chi connectivity index (χ4n) is 1.18. The quantitative estimate of drug-likeness (QED) is 0.680. The zero-order chi connectivity index (χ0) is 9.14. The van der Waals surface area contributed by atoms with Gasteiger partial charge in [0.05, 0.1) is 14.2 Å². The molecule has 0 aromatic heterocycles. The Morgan fingerprint density at radius 2 is 1.83 bits per heavy atom. The molecular formula is C9H13NO2. The zero-order valence-electron chi connectivity index (χ0n) is 7.55. The van der Waals surface area contributed by atoms with Crippen molar-refractivity contribution < 1.29 is 9.47 Å². The SMILES string of the molecule is COc1cc(N)cc(C)c1OC. The number of nitrogen functional groups attached to an aromatic ring is 1. The molecule has 0 unspecified atom stereocenters. The first kappa shape index (κ1) is 8.71. The summed E-state index contributed by atoms with van der Waals surface area (Å²) in [4.78, 5) is 0. The topological polar surface area (TPSA) is 44.5 Å². The van der Waals surface area contributed by atoms with Crippen molar-refractivity contribution in [2.24, 2.45) is 0 Å². The van der Waals surface area contributed by atoms with E-state index in [-0.39, 0.29) is 0 Å². The summed E-state index contributed by atoms with van der Waals surface area (Å²) in [5, 5.41) is 0. The van der Waals surface area contributed by atoms with Crippen molar-refractivity contribution in [3.8, 4) is 11.5 Å². The molecule has 1 aromatic carbocycles. The van der Waals surface area contributed by atoms with Crippen molar-refractivity contribution >= 4 is 5.69 Å². The highest BCUT2D eigenvalue weighted by atomic mass is 16.5. The minimum absolute atomic E-state index is 0.676. The van der Waals surface area contributed by atoms with Crippen LogP contribution in [0.2, 0.25) is 0 Å².